The highest BCUT2D eigenvalue weighted by molar-refractivity contribution is 5.91. The maximum absolute atomic E-state index is 12.5. The number of benzene rings is 1. The molecule has 35 heavy (non-hydrogen) atoms. The number of fused-ring (bicyclic) bond motifs is 1. The molecule has 0 aliphatic heterocycles. The topological polar surface area (TPSA) is 57.9 Å². The van der Waals surface area contributed by atoms with Crippen molar-refractivity contribution in [3.63, 3.8) is 0 Å². The van der Waals surface area contributed by atoms with E-state index < -0.39 is 5.63 Å². The Kier molecular flexibility index (Phi) is 13.1. The summed E-state index contributed by atoms with van der Waals surface area (Å²) in [6.07, 6.45) is 16.1. The van der Waals surface area contributed by atoms with Gasteiger partial charge in [-0.3, -0.25) is 0 Å². The van der Waals surface area contributed by atoms with Crippen LogP contribution in [-0.4, -0.2) is 20.3 Å². The predicted octanol–water partition coefficient (Wildman–Crippen LogP) is 8.39. The summed E-state index contributed by atoms with van der Waals surface area (Å²) in [5, 5.41) is 0.638. The van der Waals surface area contributed by atoms with E-state index in [0.717, 1.165) is 25.7 Å². The molecule has 1 aromatic heterocycles. The molecule has 2 aromatic rings. The van der Waals surface area contributed by atoms with Crippen LogP contribution in [-0.2, 0) is 0 Å². The van der Waals surface area contributed by atoms with Crippen LogP contribution >= 0.6 is 0 Å². The molecule has 0 radical (unpaired) electrons. The van der Waals surface area contributed by atoms with Gasteiger partial charge in [0.05, 0.1) is 13.7 Å². The molecule has 0 N–H and O–H groups in total. The van der Waals surface area contributed by atoms with Crippen LogP contribution in [0.2, 0.25) is 0 Å². The normalized spacial score (nSPS) is 11.5. The molecule has 2 rings (SSSR count). The van der Waals surface area contributed by atoms with Gasteiger partial charge in [-0.15, -0.1) is 0 Å². The van der Waals surface area contributed by atoms with Crippen LogP contribution in [0.25, 0.3) is 11.0 Å². The Morgan fingerprint density at radius 1 is 0.914 bits per heavy atom. The minimum absolute atomic E-state index is 0.0848. The lowest BCUT2D eigenvalue weighted by atomic mass is 10.1. The van der Waals surface area contributed by atoms with E-state index in [1.54, 1.807) is 6.07 Å². The van der Waals surface area contributed by atoms with Crippen molar-refractivity contribution in [2.45, 2.75) is 91.9 Å². The van der Waals surface area contributed by atoms with Crippen LogP contribution in [0.1, 0.15) is 91.9 Å². The Labute approximate surface area is 211 Å². The van der Waals surface area contributed by atoms with Crippen molar-refractivity contribution in [2.24, 2.45) is 0 Å². The van der Waals surface area contributed by atoms with Gasteiger partial charge in [0.1, 0.15) is 23.3 Å². The van der Waals surface area contributed by atoms with Gasteiger partial charge in [0.2, 0.25) is 5.75 Å². The minimum Gasteiger partial charge on any atom is -0.489 e. The fourth-order valence-corrected chi connectivity index (χ4v) is 3.98. The lowest BCUT2D eigenvalue weighted by molar-refractivity contribution is 0.278. The Balaban J connectivity index is 2.08. The molecule has 5 heteroatoms. The third kappa shape index (κ3) is 9.83. The SMILES string of the molecule is CCCCCCCCCCOc1c(OC)c(=O)oc2cccc(OC/C=C(\C)CCC=C(C)C)c12. The summed E-state index contributed by atoms with van der Waals surface area (Å²) >= 11 is 0. The molecule has 0 amide bonds. The van der Waals surface area contributed by atoms with Crippen molar-refractivity contribution in [1.82, 2.24) is 0 Å². The molecular weight excluding hydrogens is 440 g/mol. The predicted molar refractivity (Wildman–Crippen MR) is 145 cm³/mol. The van der Waals surface area contributed by atoms with Crippen LogP contribution in [0.5, 0.6) is 17.2 Å². The highest BCUT2D eigenvalue weighted by Crippen LogP contribution is 2.39. The number of methoxy groups -OCH3 is 1. The lowest BCUT2D eigenvalue weighted by Crippen LogP contribution is -2.09. The summed E-state index contributed by atoms with van der Waals surface area (Å²) in [7, 11) is 1.46. The number of hydrogen-bond acceptors (Lipinski definition) is 5. The first-order valence-electron chi connectivity index (χ1n) is 13.2. The third-order valence-corrected chi connectivity index (χ3v) is 6.02. The summed E-state index contributed by atoms with van der Waals surface area (Å²) in [5.74, 6) is 1.10. The summed E-state index contributed by atoms with van der Waals surface area (Å²) in [5.41, 5.74) is 2.50. The van der Waals surface area contributed by atoms with Gasteiger partial charge in [-0.05, 0) is 58.2 Å². The number of unbranched alkanes of at least 4 members (excludes halogenated alkanes) is 7. The number of rotatable bonds is 17. The van der Waals surface area contributed by atoms with Crippen LogP contribution in [0, 0.1) is 0 Å². The molecule has 0 saturated heterocycles. The second-order valence-corrected chi connectivity index (χ2v) is 9.39. The molecule has 5 nitrogen and oxygen atoms in total. The first kappa shape index (κ1) is 28.5. The van der Waals surface area contributed by atoms with Gasteiger partial charge in [0.15, 0.2) is 5.75 Å². The van der Waals surface area contributed by atoms with Gasteiger partial charge in [-0.2, -0.15) is 0 Å². The van der Waals surface area contributed by atoms with Crippen LogP contribution in [0.15, 0.2) is 50.7 Å². The minimum atomic E-state index is -0.543. The van der Waals surface area contributed by atoms with E-state index in [0.29, 0.717) is 35.7 Å². The second kappa shape index (κ2) is 16.1. The summed E-state index contributed by atoms with van der Waals surface area (Å²) in [4.78, 5) is 12.5. The monoisotopic (exact) mass is 484 g/mol. The Morgan fingerprint density at radius 3 is 2.31 bits per heavy atom. The van der Waals surface area contributed by atoms with Crippen molar-refractivity contribution in [1.29, 1.82) is 0 Å². The zero-order valence-electron chi connectivity index (χ0n) is 22.4. The standard InChI is InChI=1S/C30H44O5/c1-6-7-8-9-10-11-12-13-21-34-28-27-25(33-22-20-24(4)17-14-16-23(2)3)18-15-19-26(27)35-30(31)29(28)32-5/h15-16,18-20H,6-14,17,21-22H2,1-5H3/b24-20+. The molecule has 0 aliphatic carbocycles. The number of allylic oxidation sites excluding steroid dienone is 3. The van der Waals surface area contributed by atoms with Crippen molar-refractivity contribution in [3.05, 3.63) is 51.9 Å². The molecule has 0 bridgehead atoms. The van der Waals surface area contributed by atoms with Crippen molar-refractivity contribution >= 4 is 11.0 Å². The first-order valence-corrected chi connectivity index (χ1v) is 13.2. The number of hydrogen-bond donors (Lipinski definition) is 0. The van der Waals surface area contributed by atoms with Crippen molar-refractivity contribution in [2.75, 3.05) is 20.3 Å². The van der Waals surface area contributed by atoms with Gasteiger partial charge >= 0.3 is 5.63 Å². The number of ether oxygens (including phenoxy) is 3. The highest BCUT2D eigenvalue weighted by Gasteiger charge is 2.20. The van der Waals surface area contributed by atoms with Gasteiger partial charge in [0, 0.05) is 0 Å². The average Bonchev–Trinajstić information content (AvgIpc) is 2.82. The zero-order chi connectivity index (χ0) is 25.5. The quantitative estimate of drug-likeness (QED) is 0.128. The molecule has 0 fully saturated rings. The van der Waals surface area contributed by atoms with Gasteiger partial charge < -0.3 is 18.6 Å². The van der Waals surface area contributed by atoms with Crippen LogP contribution < -0.4 is 19.8 Å². The maximum Gasteiger partial charge on any atom is 0.383 e. The van der Waals surface area contributed by atoms with Crippen molar-refractivity contribution < 1.29 is 18.6 Å². The Morgan fingerprint density at radius 2 is 1.63 bits per heavy atom. The molecule has 1 aromatic carbocycles. The zero-order valence-corrected chi connectivity index (χ0v) is 22.4. The van der Waals surface area contributed by atoms with Crippen LogP contribution in [0.3, 0.4) is 0 Å². The van der Waals surface area contributed by atoms with E-state index in [1.165, 1.54) is 56.8 Å². The van der Waals surface area contributed by atoms with Crippen LogP contribution in [0.4, 0.5) is 0 Å². The molecule has 0 unspecified atom stereocenters. The van der Waals surface area contributed by atoms with Crippen molar-refractivity contribution in [3.8, 4) is 17.2 Å². The molecule has 0 aliphatic rings. The van der Waals surface area contributed by atoms with Gasteiger partial charge in [-0.25, -0.2) is 4.79 Å². The summed E-state index contributed by atoms with van der Waals surface area (Å²) in [6.45, 7) is 9.53. The van der Waals surface area contributed by atoms with E-state index in [4.69, 9.17) is 18.6 Å². The highest BCUT2D eigenvalue weighted by atomic mass is 16.5. The maximum atomic E-state index is 12.5. The Bertz CT molecular complexity index is 1010. The molecule has 0 saturated carbocycles. The Hall–Kier alpha value is -2.69. The fourth-order valence-electron chi connectivity index (χ4n) is 3.98. The van der Waals surface area contributed by atoms with Gasteiger partial charge in [-0.1, -0.05) is 75.2 Å². The lowest BCUT2D eigenvalue weighted by Gasteiger charge is -2.15. The molecular formula is C30H44O5. The average molecular weight is 485 g/mol. The van der Waals surface area contributed by atoms with E-state index in [9.17, 15) is 4.79 Å². The molecule has 0 spiro atoms. The first-order chi connectivity index (χ1) is 17.0. The van der Waals surface area contributed by atoms with E-state index >= 15 is 0 Å². The second-order valence-electron chi connectivity index (χ2n) is 9.39. The molecule has 0 atom stereocenters. The largest absolute Gasteiger partial charge is 0.489 e. The van der Waals surface area contributed by atoms with E-state index in [-0.39, 0.29) is 5.75 Å². The van der Waals surface area contributed by atoms with E-state index in [2.05, 4.69) is 39.8 Å². The fraction of sp³-hybridized carbons (Fsp3) is 0.567. The molecule has 194 valence electrons. The third-order valence-electron chi connectivity index (χ3n) is 6.02. The summed E-state index contributed by atoms with van der Waals surface area (Å²) in [6, 6.07) is 5.45. The van der Waals surface area contributed by atoms with E-state index in [1.807, 2.05) is 12.1 Å². The van der Waals surface area contributed by atoms with Gasteiger partial charge in [0.25, 0.3) is 0 Å². The summed E-state index contributed by atoms with van der Waals surface area (Å²) < 4.78 is 23.1. The smallest absolute Gasteiger partial charge is 0.383 e. The molecule has 1 heterocycles.